The van der Waals surface area contributed by atoms with Crippen LogP contribution in [0.15, 0.2) is 27.4 Å². The first kappa shape index (κ1) is 17.6. The fourth-order valence-corrected chi connectivity index (χ4v) is 5.15. The second-order valence-electron chi connectivity index (χ2n) is 6.59. The Morgan fingerprint density at radius 1 is 1.43 bits per heavy atom. The van der Waals surface area contributed by atoms with Crippen molar-refractivity contribution < 1.29 is 4.92 Å². The highest BCUT2D eigenvalue weighted by atomic mass is 35.5. The van der Waals surface area contributed by atoms with Gasteiger partial charge in [0.15, 0.2) is 5.03 Å². The van der Waals surface area contributed by atoms with Gasteiger partial charge in [-0.2, -0.15) is 0 Å². The van der Waals surface area contributed by atoms with Gasteiger partial charge in [0.05, 0.1) is 9.85 Å². The van der Waals surface area contributed by atoms with Gasteiger partial charge in [-0.15, -0.1) is 21.5 Å². The van der Waals surface area contributed by atoms with E-state index in [2.05, 4.69) is 15.2 Å². The third-order valence-corrected chi connectivity index (χ3v) is 6.94. The van der Waals surface area contributed by atoms with Crippen LogP contribution >= 0.6 is 34.7 Å². The van der Waals surface area contributed by atoms with Gasteiger partial charge in [0.1, 0.15) is 4.70 Å². The number of thiophene rings is 1. The lowest BCUT2D eigenvalue weighted by molar-refractivity contribution is -0.392. The predicted octanol–water partition coefficient (Wildman–Crippen LogP) is 2.96. The molecule has 0 aromatic carbocycles. The summed E-state index contributed by atoms with van der Waals surface area (Å²) in [6, 6.07) is 1.70. The molecule has 4 aromatic rings. The van der Waals surface area contributed by atoms with Gasteiger partial charge >= 0.3 is 5.82 Å². The van der Waals surface area contributed by atoms with Crippen LogP contribution in [0.25, 0.3) is 16.0 Å². The zero-order chi connectivity index (χ0) is 19.6. The van der Waals surface area contributed by atoms with Crippen LogP contribution in [0.3, 0.4) is 0 Å². The molecule has 0 atom stereocenters. The summed E-state index contributed by atoms with van der Waals surface area (Å²) < 4.78 is 5.92. The summed E-state index contributed by atoms with van der Waals surface area (Å²) in [7, 11) is 1.67. The maximum absolute atomic E-state index is 13.0. The number of nitro groups is 1. The highest BCUT2D eigenvalue weighted by molar-refractivity contribution is 7.99. The van der Waals surface area contributed by atoms with E-state index < -0.39 is 4.92 Å². The molecule has 144 valence electrons. The van der Waals surface area contributed by atoms with Gasteiger partial charge < -0.3 is 14.7 Å². The molecule has 0 aliphatic heterocycles. The van der Waals surface area contributed by atoms with E-state index in [-0.39, 0.29) is 11.4 Å². The van der Waals surface area contributed by atoms with Gasteiger partial charge in [-0.05, 0) is 46.5 Å². The van der Waals surface area contributed by atoms with Crippen LogP contribution in [-0.2, 0) is 13.6 Å². The van der Waals surface area contributed by atoms with Gasteiger partial charge in [-0.3, -0.25) is 13.8 Å². The fourth-order valence-electron chi connectivity index (χ4n) is 3.06. The van der Waals surface area contributed by atoms with E-state index in [1.54, 1.807) is 26.6 Å². The molecule has 0 N–H and O–H groups in total. The standard InChI is InChI=1S/C15H12ClN7O3S2/c1-20-6-17-11(23(25)26)13(20)28-15-19-18-14-21(5-7-2-3-7)12(24)10-8(22(14)15)4-9(16)27-10/h4,6-7H,2-3,5H2,1H3. The van der Waals surface area contributed by atoms with E-state index in [4.69, 9.17) is 11.6 Å². The van der Waals surface area contributed by atoms with Crippen molar-refractivity contribution in [2.75, 3.05) is 0 Å². The third kappa shape index (κ3) is 2.71. The molecule has 0 radical (unpaired) electrons. The van der Waals surface area contributed by atoms with E-state index in [9.17, 15) is 14.9 Å². The van der Waals surface area contributed by atoms with E-state index in [1.165, 1.54) is 17.7 Å². The number of aryl methyl sites for hydroxylation is 1. The molecule has 4 aromatic heterocycles. The lowest BCUT2D eigenvalue weighted by Gasteiger charge is -2.08. The van der Waals surface area contributed by atoms with Gasteiger partial charge in [-0.25, -0.2) is 0 Å². The Morgan fingerprint density at radius 3 is 2.93 bits per heavy atom. The SMILES string of the molecule is Cn1cnc([N+](=O)[O-])c1Sc1nnc2n(CC3CC3)c(=O)c3sc(Cl)cc3n12. The molecule has 0 unspecified atom stereocenters. The normalized spacial score (nSPS) is 14.4. The maximum Gasteiger partial charge on any atom is 0.396 e. The molecule has 1 aliphatic carbocycles. The summed E-state index contributed by atoms with van der Waals surface area (Å²) in [5.74, 6) is 0.613. The van der Waals surface area contributed by atoms with Crippen LogP contribution in [0.4, 0.5) is 5.82 Å². The number of aromatic nitrogens is 6. The Bertz CT molecular complexity index is 1320. The topological polar surface area (TPSA) is 113 Å². The molecule has 13 heteroatoms. The monoisotopic (exact) mass is 437 g/mol. The van der Waals surface area contributed by atoms with Gasteiger partial charge in [-0.1, -0.05) is 11.6 Å². The molecule has 1 aliphatic rings. The van der Waals surface area contributed by atoms with Crippen molar-refractivity contribution >= 4 is 56.5 Å². The Labute approximate surface area is 169 Å². The van der Waals surface area contributed by atoms with Crippen molar-refractivity contribution in [2.24, 2.45) is 13.0 Å². The highest BCUT2D eigenvalue weighted by Gasteiger charge is 2.28. The fraction of sp³-hybridized carbons (Fsp3) is 0.333. The Hall–Kier alpha value is -2.44. The molecule has 0 amide bonds. The molecular weight excluding hydrogens is 426 g/mol. The van der Waals surface area contributed by atoms with E-state index >= 15 is 0 Å². The Kier molecular flexibility index (Phi) is 3.96. The van der Waals surface area contributed by atoms with Gasteiger partial charge in [0.25, 0.3) is 5.56 Å². The number of rotatable bonds is 5. The number of hydrogen-bond acceptors (Lipinski definition) is 8. The maximum atomic E-state index is 13.0. The van der Waals surface area contributed by atoms with Crippen molar-refractivity contribution in [3.8, 4) is 0 Å². The average Bonchev–Trinajstić information content (AvgIpc) is 3.05. The molecule has 0 spiro atoms. The van der Waals surface area contributed by atoms with Crippen molar-refractivity contribution in [1.29, 1.82) is 0 Å². The third-order valence-electron chi connectivity index (χ3n) is 4.58. The van der Waals surface area contributed by atoms with Gasteiger partial charge in [0, 0.05) is 13.6 Å². The molecule has 0 saturated heterocycles. The first-order valence-electron chi connectivity index (χ1n) is 8.34. The van der Waals surface area contributed by atoms with E-state index in [0.29, 0.717) is 43.0 Å². The quantitative estimate of drug-likeness (QED) is 0.348. The van der Waals surface area contributed by atoms with Crippen molar-refractivity contribution in [2.45, 2.75) is 29.6 Å². The molecule has 4 heterocycles. The van der Waals surface area contributed by atoms with Gasteiger partial charge in [0.2, 0.25) is 17.3 Å². The number of fused-ring (bicyclic) bond motifs is 3. The molecule has 28 heavy (non-hydrogen) atoms. The van der Waals surface area contributed by atoms with Crippen molar-refractivity contribution in [3.63, 3.8) is 0 Å². The number of imidazole rings is 1. The molecule has 0 bridgehead atoms. The molecule has 5 rings (SSSR count). The predicted molar refractivity (Wildman–Crippen MR) is 104 cm³/mol. The molecule has 1 fully saturated rings. The minimum absolute atomic E-state index is 0.137. The smallest absolute Gasteiger partial charge is 0.358 e. The summed E-state index contributed by atoms with van der Waals surface area (Å²) in [6.45, 7) is 0.572. The zero-order valence-corrected chi connectivity index (χ0v) is 16.8. The van der Waals surface area contributed by atoms with Crippen LogP contribution in [0, 0.1) is 16.0 Å². The second kappa shape index (κ2) is 6.29. The molecular formula is C15H12ClN7O3S2. The number of nitrogens with zero attached hydrogens (tertiary/aromatic N) is 7. The van der Waals surface area contributed by atoms with Crippen LogP contribution in [-0.4, -0.2) is 33.6 Å². The summed E-state index contributed by atoms with van der Waals surface area (Å²) in [5.41, 5.74) is 0.459. The first-order valence-corrected chi connectivity index (χ1v) is 10.4. The zero-order valence-electron chi connectivity index (χ0n) is 14.4. The average molecular weight is 438 g/mol. The van der Waals surface area contributed by atoms with E-state index in [0.717, 1.165) is 24.6 Å². The van der Waals surface area contributed by atoms with Crippen LogP contribution in [0.1, 0.15) is 12.8 Å². The van der Waals surface area contributed by atoms with Crippen molar-refractivity contribution in [1.82, 2.24) is 28.7 Å². The Morgan fingerprint density at radius 2 is 2.21 bits per heavy atom. The summed E-state index contributed by atoms with van der Waals surface area (Å²) in [5, 5.41) is 20.5. The number of hydrogen-bond donors (Lipinski definition) is 0. The highest BCUT2D eigenvalue weighted by Crippen LogP contribution is 2.36. The minimum atomic E-state index is -0.536. The van der Waals surface area contributed by atoms with Crippen LogP contribution in [0.2, 0.25) is 4.34 Å². The van der Waals surface area contributed by atoms with Crippen LogP contribution in [0.5, 0.6) is 0 Å². The van der Waals surface area contributed by atoms with Crippen LogP contribution < -0.4 is 5.56 Å². The molecule has 10 nitrogen and oxygen atoms in total. The lowest BCUT2D eigenvalue weighted by atomic mass is 10.4. The summed E-state index contributed by atoms with van der Waals surface area (Å²) in [4.78, 5) is 27.5. The molecule has 1 saturated carbocycles. The van der Waals surface area contributed by atoms with Crippen molar-refractivity contribution in [3.05, 3.63) is 37.2 Å². The van der Waals surface area contributed by atoms with E-state index in [1.807, 2.05) is 0 Å². The largest absolute Gasteiger partial charge is 0.396 e. The first-order chi connectivity index (χ1) is 13.4. The second-order valence-corrected chi connectivity index (χ2v) is 9.22. The lowest BCUT2D eigenvalue weighted by Crippen LogP contribution is -2.23. The Balaban J connectivity index is 1.75. The minimum Gasteiger partial charge on any atom is -0.358 e. The summed E-state index contributed by atoms with van der Waals surface area (Å²) >= 11 is 8.47. The summed E-state index contributed by atoms with van der Waals surface area (Å²) in [6.07, 6.45) is 3.54. The number of halogens is 1.